The molecule has 33 heavy (non-hydrogen) atoms. The quantitative estimate of drug-likeness (QED) is 0.330. The maximum atomic E-state index is 14.9. The maximum Gasteiger partial charge on any atom is 0.338 e. The summed E-state index contributed by atoms with van der Waals surface area (Å²) in [7, 11) is -4.44. The zero-order valence-electron chi connectivity index (χ0n) is 16.7. The Balaban J connectivity index is 1.81. The van der Waals surface area contributed by atoms with Gasteiger partial charge in [-0.05, 0) is 36.4 Å². The molecule has 8 nitrogen and oxygen atoms in total. The molecule has 3 unspecified atom stereocenters. The van der Waals surface area contributed by atoms with Crippen molar-refractivity contribution in [1.29, 1.82) is 0 Å². The Morgan fingerprint density at radius 3 is 2.06 bits per heavy atom. The van der Waals surface area contributed by atoms with E-state index >= 15 is 0 Å². The van der Waals surface area contributed by atoms with Crippen LogP contribution in [-0.2, 0) is 28.5 Å². The van der Waals surface area contributed by atoms with Crippen LogP contribution in [-0.4, -0.2) is 57.6 Å². The fourth-order valence-corrected chi connectivity index (χ4v) is 3.38. The topological polar surface area (TPSA) is 105 Å². The van der Waals surface area contributed by atoms with Crippen molar-refractivity contribution in [2.75, 3.05) is 12.9 Å². The summed E-state index contributed by atoms with van der Waals surface area (Å²) in [4.78, 5) is 24.4. The van der Waals surface area contributed by atoms with Crippen LogP contribution in [0.3, 0.4) is 0 Å². The van der Waals surface area contributed by atoms with Gasteiger partial charge < -0.3 is 14.2 Å². The van der Waals surface area contributed by atoms with Gasteiger partial charge in [-0.1, -0.05) is 12.1 Å². The van der Waals surface area contributed by atoms with E-state index in [1.54, 1.807) is 0 Å². The standard InChI is InChI=1S/C20H16F4O8S/c1-33(27,28)32-19-20(23,24)16(31-18(26)12-5-3-7-14(22)9-12)15(30-19)10-29-17(25)11-4-2-6-13(21)8-11/h2-9,15-16,19H,10H2,1H3. The summed E-state index contributed by atoms with van der Waals surface area (Å²) in [6.45, 7) is -0.935. The van der Waals surface area contributed by atoms with Gasteiger partial charge in [-0.15, -0.1) is 0 Å². The third-order valence-corrected chi connectivity index (χ3v) is 4.85. The first-order valence-electron chi connectivity index (χ1n) is 9.17. The molecule has 1 fully saturated rings. The van der Waals surface area contributed by atoms with Gasteiger partial charge in [-0.3, -0.25) is 0 Å². The van der Waals surface area contributed by atoms with E-state index in [1.165, 1.54) is 12.1 Å². The van der Waals surface area contributed by atoms with Gasteiger partial charge in [0, 0.05) is 0 Å². The van der Waals surface area contributed by atoms with Crippen LogP contribution in [0.5, 0.6) is 0 Å². The predicted octanol–water partition coefficient (Wildman–Crippen LogP) is 2.68. The number of rotatable bonds is 7. The van der Waals surface area contributed by atoms with Crippen LogP contribution in [0, 0.1) is 11.6 Å². The zero-order valence-corrected chi connectivity index (χ0v) is 17.6. The second kappa shape index (κ2) is 9.45. The Hall–Kier alpha value is -3.03. The normalized spacial score (nSPS) is 22.0. The van der Waals surface area contributed by atoms with Crippen molar-refractivity contribution in [1.82, 2.24) is 0 Å². The van der Waals surface area contributed by atoms with Crippen molar-refractivity contribution in [3.05, 3.63) is 71.3 Å². The Morgan fingerprint density at radius 1 is 1.00 bits per heavy atom. The molecule has 1 saturated heterocycles. The number of carbonyl (C=O) groups is 2. The minimum absolute atomic E-state index is 0.239. The number of ether oxygens (including phenoxy) is 3. The van der Waals surface area contributed by atoms with Gasteiger partial charge in [-0.25, -0.2) is 22.6 Å². The number of benzene rings is 2. The highest BCUT2D eigenvalue weighted by molar-refractivity contribution is 7.86. The maximum absolute atomic E-state index is 14.9. The minimum Gasteiger partial charge on any atom is -0.459 e. The summed E-state index contributed by atoms with van der Waals surface area (Å²) in [5.41, 5.74) is -0.647. The molecule has 13 heteroatoms. The lowest BCUT2D eigenvalue weighted by Gasteiger charge is -2.23. The molecular weight excluding hydrogens is 476 g/mol. The molecule has 0 bridgehead atoms. The second-order valence-corrected chi connectivity index (χ2v) is 8.53. The predicted molar refractivity (Wildman–Crippen MR) is 102 cm³/mol. The van der Waals surface area contributed by atoms with E-state index in [-0.39, 0.29) is 5.56 Å². The van der Waals surface area contributed by atoms with Gasteiger partial charge in [0.25, 0.3) is 10.1 Å². The fraction of sp³-hybridized carbons (Fsp3) is 0.300. The number of esters is 2. The van der Waals surface area contributed by atoms with E-state index in [0.717, 1.165) is 36.4 Å². The molecule has 0 amide bonds. The van der Waals surface area contributed by atoms with Crippen molar-refractivity contribution in [3.63, 3.8) is 0 Å². The molecule has 3 rings (SSSR count). The van der Waals surface area contributed by atoms with Gasteiger partial charge in [-0.2, -0.15) is 17.2 Å². The molecular formula is C20H16F4O8S. The molecule has 1 heterocycles. The van der Waals surface area contributed by atoms with E-state index in [1.807, 2.05) is 0 Å². The lowest BCUT2D eigenvalue weighted by molar-refractivity contribution is -0.183. The Labute approximate surface area is 185 Å². The van der Waals surface area contributed by atoms with Crippen molar-refractivity contribution < 1.29 is 54.0 Å². The molecule has 1 aliphatic rings. The summed E-state index contributed by atoms with van der Waals surface area (Å²) in [5, 5.41) is 0. The van der Waals surface area contributed by atoms with Crippen LogP contribution >= 0.6 is 0 Å². The van der Waals surface area contributed by atoms with Crippen LogP contribution in [0.2, 0.25) is 0 Å². The summed E-state index contributed by atoms with van der Waals surface area (Å²) < 4.78 is 97.8. The molecule has 0 spiro atoms. The molecule has 0 saturated carbocycles. The largest absolute Gasteiger partial charge is 0.459 e. The first-order valence-corrected chi connectivity index (χ1v) is 11.0. The number of hydrogen-bond donors (Lipinski definition) is 0. The van der Waals surface area contributed by atoms with Crippen molar-refractivity contribution in [2.45, 2.75) is 24.4 Å². The molecule has 0 aromatic heterocycles. The average Bonchev–Trinajstić information content (AvgIpc) is 2.94. The molecule has 0 N–H and O–H groups in total. The lowest BCUT2D eigenvalue weighted by Crippen LogP contribution is -2.45. The molecule has 2 aromatic rings. The van der Waals surface area contributed by atoms with Gasteiger partial charge in [0.15, 0.2) is 0 Å². The second-order valence-electron chi connectivity index (χ2n) is 6.93. The summed E-state index contributed by atoms with van der Waals surface area (Å²) in [5.74, 6) is -8.27. The smallest absolute Gasteiger partial charge is 0.338 e. The van der Waals surface area contributed by atoms with Crippen LogP contribution < -0.4 is 0 Å². The lowest BCUT2D eigenvalue weighted by atomic mass is 10.1. The summed E-state index contributed by atoms with van der Waals surface area (Å²) in [6, 6.07) is 8.30. The van der Waals surface area contributed by atoms with Crippen LogP contribution in [0.25, 0.3) is 0 Å². The van der Waals surface area contributed by atoms with E-state index in [4.69, 9.17) is 14.2 Å². The highest BCUT2D eigenvalue weighted by Crippen LogP contribution is 2.40. The molecule has 0 aliphatic carbocycles. The number of hydrogen-bond acceptors (Lipinski definition) is 8. The molecule has 3 atom stereocenters. The number of halogens is 4. The van der Waals surface area contributed by atoms with E-state index < -0.39 is 70.3 Å². The first-order chi connectivity index (χ1) is 15.4. The van der Waals surface area contributed by atoms with Crippen molar-refractivity contribution >= 4 is 22.1 Å². The van der Waals surface area contributed by atoms with Crippen LogP contribution in [0.15, 0.2) is 48.5 Å². The SMILES string of the molecule is CS(=O)(=O)OC1OC(COC(=O)c2cccc(F)c2)C(OC(=O)c2cccc(F)c2)C1(F)F. The molecule has 2 aromatic carbocycles. The highest BCUT2D eigenvalue weighted by atomic mass is 32.2. The summed E-state index contributed by atoms with van der Waals surface area (Å²) in [6.07, 6.45) is -6.55. The molecule has 1 aliphatic heterocycles. The molecule has 178 valence electrons. The monoisotopic (exact) mass is 492 g/mol. The fourth-order valence-electron chi connectivity index (χ4n) is 2.88. The van der Waals surface area contributed by atoms with Crippen molar-refractivity contribution in [2.24, 2.45) is 0 Å². The number of alkyl halides is 2. The van der Waals surface area contributed by atoms with E-state index in [9.17, 15) is 35.6 Å². The highest BCUT2D eigenvalue weighted by Gasteiger charge is 2.63. The minimum atomic E-state index is -4.44. The van der Waals surface area contributed by atoms with Gasteiger partial charge >= 0.3 is 17.9 Å². The summed E-state index contributed by atoms with van der Waals surface area (Å²) >= 11 is 0. The van der Waals surface area contributed by atoms with Gasteiger partial charge in [0.05, 0.1) is 17.4 Å². The first kappa shape index (κ1) is 24.6. The Bertz CT molecular complexity index is 1150. The van der Waals surface area contributed by atoms with Crippen molar-refractivity contribution in [3.8, 4) is 0 Å². The van der Waals surface area contributed by atoms with Crippen LogP contribution in [0.4, 0.5) is 17.6 Å². The third kappa shape index (κ3) is 6.06. The van der Waals surface area contributed by atoms with E-state index in [2.05, 4.69) is 4.18 Å². The van der Waals surface area contributed by atoms with Gasteiger partial charge in [0.1, 0.15) is 24.3 Å². The van der Waals surface area contributed by atoms with Gasteiger partial charge in [0.2, 0.25) is 12.4 Å². The average molecular weight is 492 g/mol. The Kier molecular flexibility index (Phi) is 7.05. The zero-order chi connectivity index (χ0) is 24.4. The molecule has 0 radical (unpaired) electrons. The third-order valence-electron chi connectivity index (χ3n) is 4.33. The van der Waals surface area contributed by atoms with Crippen LogP contribution in [0.1, 0.15) is 20.7 Å². The van der Waals surface area contributed by atoms with E-state index in [0.29, 0.717) is 6.26 Å². The Morgan fingerprint density at radius 2 is 1.55 bits per heavy atom. The number of carbonyl (C=O) groups excluding carboxylic acids is 2.